The van der Waals surface area contributed by atoms with Gasteiger partial charge >= 0.3 is 5.97 Å². The molecule has 0 radical (unpaired) electrons. The Balaban J connectivity index is 1.36. The molecule has 1 aliphatic rings. The van der Waals surface area contributed by atoms with E-state index in [9.17, 15) is 20.0 Å². The number of pyridine rings is 1. The summed E-state index contributed by atoms with van der Waals surface area (Å²) in [5.74, 6) is 0.0256. The molecule has 0 saturated carbocycles. The first-order chi connectivity index (χ1) is 19.7. The number of halogens is 1. The monoisotopic (exact) mass is 585 g/mol. The second-order valence-corrected chi connectivity index (χ2v) is 11.4. The SMILES string of the molecule is Cc1cc(-c2cc(Cl)ccc2OCCn2c(C)nc3cc4c(c(C#N)c3c2=O)CN(C)C4)c2scc(C(=O)O)c2n1. The lowest BCUT2D eigenvalue weighted by atomic mass is 9.99. The van der Waals surface area contributed by atoms with Crippen molar-refractivity contribution in [3.63, 3.8) is 0 Å². The highest BCUT2D eigenvalue weighted by atomic mass is 35.5. The van der Waals surface area contributed by atoms with Gasteiger partial charge in [0.2, 0.25) is 0 Å². The fourth-order valence-corrected chi connectivity index (χ4v) is 6.67. The van der Waals surface area contributed by atoms with Crippen molar-refractivity contribution in [3.8, 4) is 22.9 Å². The fourth-order valence-electron chi connectivity index (χ4n) is 5.48. The fraction of sp³-hybridized carbons (Fsp3) is 0.233. The third-order valence-corrected chi connectivity index (χ3v) is 8.54. The molecule has 0 spiro atoms. The van der Waals surface area contributed by atoms with Crippen LogP contribution in [0.2, 0.25) is 5.02 Å². The molecule has 5 aromatic rings. The first kappa shape index (κ1) is 26.9. The lowest BCUT2D eigenvalue weighted by molar-refractivity contribution is 0.0699. The number of benzene rings is 2. The number of fused-ring (bicyclic) bond motifs is 3. The van der Waals surface area contributed by atoms with E-state index in [1.54, 1.807) is 30.5 Å². The normalized spacial score (nSPS) is 13.0. The third kappa shape index (κ3) is 4.62. The summed E-state index contributed by atoms with van der Waals surface area (Å²) in [7, 11) is 1.98. The van der Waals surface area contributed by atoms with Crippen LogP contribution in [0.1, 0.15) is 38.6 Å². The van der Waals surface area contributed by atoms with Crippen molar-refractivity contribution < 1.29 is 14.6 Å². The molecule has 0 bridgehead atoms. The minimum atomic E-state index is -1.04. The third-order valence-electron chi connectivity index (χ3n) is 7.30. The molecule has 6 rings (SSSR count). The molecule has 0 unspecified atom stereocenters. The number of hydrogen-bond acceptors (Lipinski definition) is 8. The minimum absolute atomic E-state index is 0.145. The van der Waals surface area contributed by atoms with Gasteiger partial charge in [0.05, 0.1) is 38.8 Å². The molecular weight excluding hydrogens is 562 g/mol. The van der Waals surface area contributed by atoms with Gasteiger partial charge in [0.1, 0.15) is 24.3 Å². The highest BCUT2D eigenvalue weighted by molar-refractivity contribution is 7.18. The van der Waals surface area contributed by atoms with Crippen molar-refractivity contribution in [2.24, 2.45) is 0 Å². The van der Waals surface area contributed by atoms with E-state index in [1.807, 2.05) is 26.1 Å². The van der Waals surface area contributed by atoms with Crippen LogP contribution in [0.4, 0.5) is 0 Å². The summed E-state index contributed by atoms with van der Waals surface area (Å²) in [4.78, 5) is 36.7. The molecule has 206 valence electrons. The van der Waals surface area contributed by atoms with E-state index < -0.39 is 5.97 Å². The second kappa shape index (κ2) is 10.3. The zero-order valence-corrected chi connectivity index (χ0v) is 24.1. The van der Waals surface area contributed by atoms with Gasteiger partial charge in [-0.25, -0.2) is 9.78 Å². The van der Waals surface area contributed by atoms with Crippen molar-refractivity contribution in [1.82, 2.24) is 19.4 Å². The molecule has 3 aromatic heterocycles. The number of aryl methyl sites for hydroxylation is 2. The number of carbonyl (C=O) groups is 1. The van der Waals surface area contributed by atoms with Crippen LogP contribution in [0, 0.1) is 25.2 Å². The predicted molar refractivity (Wildman–Crippen MR) is 158 cm³/mol. The molecule has 41 heavy (non-hydrogen) atoms. The molecule has 1 N–H and O–H groups in total. The maximum atomic E-state index is 13.7. The van der Waals surface area contributed by atoms with E-state index in [-0.39, 0.29) is 24.3 Å². The van der Waals surface area contributed by atoms with Gasteiger partial charge in [0.25, 0.3) is 5.56 Å². The number of carboxylic acids is 1. The smallest absolute Gasteiger partial charge is 0.338 e. The van der Waals surface area contributed by atoms with Gasteiger partial charge in [-0.1, -0.05) is 11.6 Å². The molecule has 0 saturated heterocycles. The summed E-state index contributed by atoms with van der Waals surface area (Å²) in [5.41, 5.74) is 5.25. The lowest BCUT2D eigenvalue weighted by Crippen LogP contribution is -2.27. The van der Waals surface area contributed by atoms with Gasteiger partial charge in [0, 0.05) is 40.3 Å². The number of rotatable bonds is 6. The van der Waals surface area contributed by atoms with Gasteiger partial charge in [0.15, 0.2) is 0 Å². The quantitative estimate of drug-likeness (QED) is 0.276. The standard InChI is InChI=1S/C30H24ClN5O4S/c1-15-8-20(28-27(33-15)23(14-41-28)30(38)39)19-10-18(31)4-5-25(19)40-7-6-36-16(2)34-24-9-17-12-35(3)13-22(17)21(11-32)26(24)29(36)37/h4-5,8-10,14H,6-7,12-13H2,1-3H3,(H,38,39). The van der Waals surface area contributed by atoms with Gasteiger partial charge < -0.3 is 9.84 Å². The number of nitrogens with zero attached hydrogens (tertiary/aromatic N) is 5. The summed E-state index contributed by atoms with van der Waals surface area (Å²) in [6.45, 7) is 5.27. The Morgan fingerprint density at radius 1 is 1.20 bits per heavy atom. The molecule has 4 heterocycles. The highest BCUT2D eigenvalue weighted by Gasteiger charge is 2.25. The Labute approximate surface area is 243 Å². The first-order valence-electron chi connectivity index (χ1n) is 12.9. The molecule has 0 aliphatic carbocycles. The van der Waals surface area contributed by atoms with E-state index >= 15 is 0 Å². The number of nitriles is 1. The maximum absolute atomic E-state index is 13.7. The molecule has 0 atom stereocenters. The Morgan fingerprint density at radius 3 is 2.76 bits per heavy atom. The number of ether oxygens (including phenoxy) is 1. The number of aromatic carboxylic acids is 1. The van der Waals surface area contributed by atoms with Crippen LogP contribution < -0.4 is 10.3 Å². The number of aromatic nitrogens is 3. The highest BCUT2D eigenvalue weighted by Crippen LogP contribution is 2.40. The van der Waals surface area contributed by atoms with Crippen LogP contribution in [-0.2, 0) is 19.6 Å². The minimum Gasteiger partial charge on any atom is -0.491 e. The summed E-state index contributed by atoms with van der Waals surface area (Å²) in [6, 6.07) is 11.3. The Hall–Kier alpha value is -4.30. The number of hydrogen-bond donors (Lipinski definition) is 1. The molecule has 2 aromatic carbocycles. The number of thiophene rings is 1. The van der Waals surface area contributed by atoms with E-state index in [2.05, 4.69) is 20.9 Å². The molecule has 11 heteroatoms. The molecule has 1 aliphatic heterocycles. The van der Waals surface area contributed by atoms with E-state index in [0.29, 0.717) is 67.6 Å². The molecular formula is C30H24ClN5O4S. The molecule has 0 amide bonds. The van der Waals surface area contributed by atoms with Gasteiger partial charge in [-0.3, -0.25) is 19.2 Å². The first-order valence-corrected chi connectivity index (χ1v) is 14.1. The summed E-state index contributed by atoms with van der Waals surface area (Å²) in [6.07, 6.45) is 0. The van der Waals surface area contributed by atoms with Crippen LogP contribution >= 0.6 is 22.9 Å². The average molecular weight is 586 g/mol. The topological polar surface area (TPSA) is 121 Å². The summed E-state index contributed by atoms with van der Waals surface area (Å²) < 4.78 is 8.46. The van der Waals surface area contributed by atoms with Gasteiger partial charge in [-0.15, -0.1) is 11.3 Å². The van der Waals surface area contributed by atoms with Crippen LogP contribution in [-0.4, -0.2) is 44.2 Å². The van der Waals surface area contributed by atoms with E-state index in [4.69, 9.17) is 16.3 Å². The van der Waals surface area contributed by atoms with Crippen LogP contribution in [0.25, 0.3) is 32.2 Å². The van der Waals surface area contributed by atoms with E-state index in [1.165, 1.54) is 15.9 Å². The van der Waals surface area contributed by atoms with Crippen molar-refractivity contribution in [2.75, 3.05) is 13.7 Å². The average Bonchev–Trinajstić information content (AvgIpc) is 3.52. The number of carboxylic acid groups (broad SMARTS) is 1. The Kier molecular flexibility index (Phi) is 6.74. The molecule has 0 fully saturated rings. The van der Waals surface area contributed by atoms with Crippen LogP contribution in [0.5, 0.6) is 5.75 Å². The maximum Gasteiger partial charge on any atom is 0.338 e. The van der Waals surface area contributed by atoms with Gasteiger partial charge in [-0.2, -0.15) is 5.26 Å². The second-order valence-electron chi connectivity index (χ2n) is 10.1. The largest absolute Gasteiger partial charge is 0.491 e. The molecule has 9 nitrogen and oxygen atoms in total. The zero-order valence-electron chi connectivity index (χ0n) is 22.5. The van der Waals surface area contributed by atoms with Crippen molar-refractivity contribution in [1.29, 1.82) is 5.26 Å². The van der Waals surface area contributed by atoms with Crippen molar-refractivity contribution >= 4 is 50.0 Å². The summed E-state index contributed by atoms with van der Waals surface area (Å²) in [5, 5.41) is 22.0. The van der Waals surface area contributed by atoms with Gasteiger partial charge in [-0.05, 0) is 62.4 Å². The van der Waals surface area contributed by atoms with E-state index in [0.717, 1.165) is 16.7 Å². The van der Waals surface area contributed by atoms with Crippen LogP contribution in [0.3, 0.4) is 0 Å². The summed E-state index contributed by atoms with van der Waals surface area (Å²) >= 11 is 7.67. The lowest BCUT2D eigenvalue weighted by Gasteiger charge is -2.16. The zero-order chi connectivity index (χ0) is 29.0. The Bertz CT molecular complexity index is 2010. The van der Waals surface area contributed by atoms with Crippen molar-refractivity contribution in [3.05, 3.63) is 84.9 Å². The van der Waals surface area contributed by atoms with Crippen LogP contribution in [0.15, 0.2) is 40.5 Å². The Morgan fingerprint density at radius 2 is 2.00 bits per heavy atom. The van der Waals surface area contributed by atoms with Crippen molar-refractivity contribution in [2.45, 2.75) is 33.5 Å². The predicted octanol–water partition coefficient (Wildman–Crippen LogP) is 5.54.